The van der Waals surface area contributed by atoms with Gasteiger partial charge in [0.2, 0.25) is 0 Å². The number of benzene rings is 1. The van der Waals surface area contributed by atoms with Crippen LogP contribution in [0, 0.1) is 0 Å². The molecule has 6 heteroatoms. The van der Waals surface area contributed by atoms with Gasteiger partial charge in [0, 0.05) is 36.7 Å². The third-order valence-electron chi connectivity index (χ3n) is 3.60. The maximum Gasteiger partial charge on any atom is 0.174 e. The van der Waals surface area contributed by atoms with Gasteiger partial charge in [-0.25, -0.2) is 14.6 Å². The second kappa shape index (κ2) is 6.72. The van der Waals surface area contributed by atoms with E-state index in [1.54, 1.807) is 30.4 Å². The molecule has 0 N–H and O–H groups in total. The molecule has 0 amide bonds. The number of hydrogen-bond acceptors (Lipinski definition) is 4. The Hall–Kier alpha value is -2.86. The number of nitrogens with zero attached hydrogens (tertiary/aromatic N) is 5. The van der Waals surface area contributed by atoms with E-state index in [4.69, 9.17) is 0 Å². The van der Waals surface area contributed by atoms with Gasteiger partial charge in [-0.1, -0.05) is 36.0 Å². The smallest absolute Gasteiger partial charge is 0.174 e. The van der Waals surface area contributed by atoms with Crippen molar-refractivity contribution in [3.8, 4) is 11.5 Å². The molecule has 0 aliphatic heterocycles. The highest BCUT2D eigenvalue weighted by atomic mass is 32.2. The van der Waals surface area contributed by atoms with E-state index < -0.39 is 0 Å². The lowest BCUT2D eigenvalue weighted by atomic mass is 10.2. The molecule has 0 radical (unpaired) electrons. The molecule has 3 heterocycles. The first-order chi connectivity index (χ1) is 11.9. The number of aromatic nitrogens is 5. The lowest BCUT2D eigenvalue weighted by Crippen LogP contribution is -2.00. The molecular formula is C18H15N5S. The summed E-state index contributed by atoms with van der Waals surface area (Å²) in [4.78, 5) is 8.85. The SMILES string of the molecule is c1ccc(-n2ccnc2SCc2ccccc2-n2cccn2)nc1. The highest BCUT2D eigenvalue weighted by Crippen LogP contribution is 2.26. The maximum absolute atomic E-state index is 4.46. The summed E-state index contributed by atoms with van der Waals surface area (Å²) < 4.78 is 3.89. The molecule has 1 aromatic carbocycles. The molecule has 0 unspecified atom stereocenters. The molecule has 0 fully saturated rings. The Morgan fingerprint density at radius 2 is 1.75 bits per heavy atom. The van der Waals surface area contributed by atoms with E-state index in [1.807, 2.05) is 58.0 Å². The second-order valence-corrected chi connectivity index (χ2v) is 6.08. The zero-order valence-electron chi connectivity index (χ0n) is 12.9. The number of para-hydroxylation sites is 1. The van der Waals surface area contributed by atoms with Crippen molar-refractivity contribution >= 4 is 11.8 Å². The van der Waals surface area contributed by atoms with Crippen LogP contribution < -0.4 is 0 Å². The molecule has 4 rings (SSSR count). The minimum Gasteiger partial charge on any atom is -0.279 e. The van der Waals surface area contributed by atoms with Crippen molar-refractivity contribution in [2.24, 2.45) is 0 Å². The molecular weight excluding hydrogens is 318 g/mol. The van der Waals surface area contributed by atoms with Crippen LogP contribution >= 0.6 is 11.8 Å². The maximum atomic E-state index is 4.46. The third-order valence-corrected chi connectivity index (χ3v) is 4.62. The summed E-state index contributed by atoms with van der Waals surface area (Å²) in [5.41, 5.74) is 2.30. The molecule has 3 aromatic heterocycles. The summed E-state index contributed by atoms with van der Waals surface area (Å²) in [6, 6.07) is 16.1. The van der Waals surface area contributed by atoms with Crippen molar-refractivity contribution in [1.29, 1.82) is 0 Å². The highest BCUT2D eigenvalue weighted by molar-refractivity contribution is 7.98. The molecule has 0 saturated heterocycles. The zero-order chi connectivity index (χ0) is 16.2. The van der Waals surface area contributed by atoms with E-state index >= 15 is 0 Å². The summed E-state index contributed by atoms with van der Waals surface area (Å²) in [6.45, 7) is 0. The first-order valence-electron chi connectivity index (χ1n) is 7.57. The Kier molecular flexibility index (Phi) is 4.12. The lowest BCUT2D eigenvalue weighted by Gasteiger charge is -2.10. The highest BCUT2D eigenvalue weighted by Gasteiger charge is 2.09. The van der Waals surface area contributed by atoms with E-state index in [-0.39, 0.29) is 0 Å². The average Bonchev–Trinajstić information content (AvgIpc) is 3.33. The van der Waals surface area contributed by atoms with Crippen LogP contribution in [0.5, 0.6) is 0 Å². The predicted molar refractivity (Wildman–Crippen MR) is 94.5 cm³/mol. The van der Waals surface area contributed by atoms with Gasteiger partial charge in [-0.2, -0.15) is 5.10 Å². The van der Waals surface area contributed by atoms with Crippen LogP contribution in [0.25, 0.3) is 11.5 Å². The fourth-order valence-electron chi connectivity index (χ4n) is 2.48. The van der Waals surface area contributed by atoms with Gasteiger partial charge < -0.3 is 0 Å². The normalized spacial score (nSPS) is 10.8. The van der Waals surface area contributed by atoms with Crippen molar-refractivity contribution in [2.45, 2.75) is 10.9 Å². The van der Waals surface area contributed by atoms with Crippen LogP contribution in [0.15, 0.2) is 84.7 Å². The molecule has 0 aliphatic rings. The van der Waals surface area contributed by atoms with Crippen LogP contribution in [0.2, 0.25) is 0 Å². The lowest BCUT2D eigenvalue weighted by molar-refractivity contribution is 0.859. The first-order valence-corrected chi connectivity index (χ1v) is 8.56. The van der Waals surface area contributed by atoms with Crippen molar-refractivity contribution in [3.05, 3.63) is 85.1 Å². The molecule has 0 atom stereocenters. The minimum absolute atomic E-state index is 0.805. The third kappa shape index (κ3) is 2.96. The molecule has 5 nitrogen and oxygen atoms in total. The first kappa shape index (κ1) is 14.7. The van der Waals surface area contributed by atoms with E-state index in [0.717, 1.165) is 22.4 Å². The summed E-state index contributed by atoms with van der Waals surface area (Å²) >= 11 is 1.68. The van der Waals surface area contributed by atoms with Crippen LogP contribution in [0.1, 0.15) is 5.56 Å². The summed E-state index contributed by atoms with van der Waals surface area (Å²) in [6.07, 6.45) is 9.27. The van der Waals surface area contributed by atoms with Crippen LogP contribution in [0.4, 0.5) is 0 Å². The minimum atomic E-state index is 0.805. The quantitative estimate of drug-likeness (QED) is 0.522. The Morgan fingerprint density at radius 3 is 2.58 bits per heavy atom. The number of imidazole rings is 1. The molecule has 0 saturated carbocycles. The van der Waals surface area contributed by atoms with Crippen LogP contribution in [0.3, 0.4) is 0 Å². The number of pyridine rings is 1. The van der Waals surface area contributed by atoms with E-state index in [2.05, 4.69) is 27.2 Å². The summed E-state index contributed by atoms with van der Waals surface area (Å²) in [5.74, 6) is 1.68. The Balaban J connectivity index is 1.58. The van der Waals surface area contributed by atoms with Crippen molar-refractivity contribution < 1.29 is 0 Å². The fourth-order valence-corrected chi connectivity index (χ4v) is 3.43. The second-order valence-electron chi connectivity index (χ2n) is 5.14. The number of hydrogen-bond donors (Lipinski definition) is 0. The van der Waals surface area contributed by atoms with E-state index in [0.29, 0.717) is 0 Å². The number of thioether (sulfide) groups is 1. The van der Waals surface area contributed by atoms with E-state index in [1.165, 1.54) is 5.56 Å². The van der Waals surface area contributed by atoms with Crippen molar-refractivity contribution in [3.63, 3.8) is 0 Å². The Labute approximate surface area is 144 Å². The van der Waals surface area contributed by atoms with Crippen LogP contribution in [-0.4, -0.2) is 24.3 Å². The molecule has 4 aromatic rings. The zero-order valence-corrected chi connectivity index (χ0v) is 13.7. The Morgan fingerprint density at radius 1 is 0.833 bits per heavy atom. The van der Waals surface area contributed by atoms with Gasteiger partial charge in [0.05, 0.1) is 5.69 Å². The van der Waals surface area contributed by atoms with Gasteiger partial charge >= 0.3 is 0 Å². The molecule has 118 valence electrons. The van der Waals surface area contributed by atoms with Crippen molar-refractivity contribution in [1.82, 2.24) is 24.3 Å². The average molecular weight is 333 g/mol. The topological polar surface area (TPSA) is 48.5 Å². The largest absolute Gasteiger partial charge is 0.279 e. The van der Waals surface area contributed by atoms with E-state index in [9.17, 15) is 0 Å². The van der Waals surface area contributed by atoms with Crippen molar-refractivity contribution in [2.75, 3.05) is 0 Å². The standard InChI is InChI=1S/C18H15N5S/c1-2-7-16(23-12-5-10-21-23)15(6-1)14-24-18-20-11-13-22(18)17-8-3-4-9-19-17/h1-13H,14H2. The molecule has 0 aliphatic carbocycles. The van der Waals surface area contributed by atoms with Crippen LogP contribution in [-0.2, 0) is 5.75 Å². The molecule has 0 spiro atoms. The van der Waals surface area contributed by atoms with Gasteiger partial charge in [0.25, 0.3) is 0 Å². The summed E-state index contributed by atoms with van der Waals surface area (Å²) in [7, 11) is 0. The molecule has 0 bridgehead atoms. The van der Waals surface area contributed by atoms with Gasteiger partial charge in [0.15, 0.2) is 5.16 Å². The predicted octanol–water partition coefficient (Wildman–Crippen LogP) is 3.75. The van der Waals surface area contributed by atoms with Gasteiger partial charge in [-0.15, -0.1) is 0 Å². The molecule has 24 heavy (non-hydrogen) atoms. The Bertz CT molecular complexity index is 916. The van der Waals surface area contributed by atoms with Gasteiger partial charge in [-0.3, -0.25) is 4.57 Å². The monoisotopic (exact) mass is 333 g/mol. The van der Waals surface area contributed by atoms with Gasteiger partial charge in [-0.05, 0) is 29.8 Å². The summed E-state index contributed by atoms with van der Waals surface area (Å²) in [5, 5.41) is 5.25. The van der Waals surface area contributed by atoms with Gasteiger partial charge in [0.1, 0.15) is 5.82 Å². The fraction of sp³-hybridized carbons (Fsp3) is 0.0556. The number of rotatable bonds is 5.